The zero-order valence-corrected chi connectivity index (χ0v) is 23.0. The Hall–Kier alpha value is -4.73. The number of carbonyl (C=O) groups is 2. The van der Waals surface area contributed by atoms with Gasteiger partial charge >= 0.3 is 5.97 Å². The van der Waals surface area contributed by atoms with Gasteiger partial charge in [0.25, 0.3) is 0 Å². The maximum Gasteiger partial charge on any atom is 0.334 e. The third kappa shape index (κ3) is 6.06. The quantitative estimate of drug-likeness (QED) is 0.232. The van der Waals surface area contributed by atoms with Gasteiger partial charge in [0.2, 0.25) is 5.78 Å². The molecule has 0 saturated heterocycles. The zero-order valence-electron chi connectivity index (χ0n) is 23.0. The predicted octanol–water partition coefficient (Wildman–Crippen LogP) is 5.01. The van der Waals surface area contributed by atoms with Gasteiger partial charge in [-0.3, -0.25) is 14.5 Å². The van der Waals surface area contributed by atoms with E-state index in [1.54, 1.807) is 16.9 Å². The largest absolute Gasteiger partial charge is 0.479 e. The number of ketones is 1. The minimum atomic E-state index is -1.58. The summed E-state index contributed by atoms with van der Waals surface area (Å²) < 4.78 is 7.44. The molecule has 0 aliphatic carbocycles. The van der Waals surface area contributed by atoms with E-state index in [2.05, 4.69) is 15.1 Å². The summed E-state index contributed by atoms with van der Waals surface area (Å²) in [4.78, 5) is 33.4. The lowest BCUT2D eigenvalue weighted by Crippen LogP contribution is -2.31. The number of pyridine rings is 2. The lowest BCUT2D eigenvalue weighted by Gasteiger charge is -2.26. The summed E-state index contributed by atoms with van der Waals surface area (Å²) in [5.41, 5.74) is 4.63. The third-order valence-corrected chi connectivity index (χ3v) is 6.86. The molecule has 9 nitrogen and oxygen atoms in total. The molecule has 2 aromatic carbocycles. The first-order valence-electron chi connectivity index (χ1n) is 13.2. The Morgan fingerprint density at radius 2 is 1.78 bits per heavy atom. The number of fused-ring (bicyclic) bond motifs is 2. The fraction of sp³-hybridized carbons (Fsp3) is 0.219. The van der Waals surface area contributed by atoms with Crippen LogP contribution in [0, 0.1) is 0 Å². The number of nitrogens with zero attached hydrogens (tertiary/aromatic N) is 4. The van der Waals surface area contributed by atoms with Crippen molar-refractivity contribution < 1.29 is 24.5 Å². The summed E-state index contributed by atoms with van der Waals surface area (Å²) >= 11 is 0. The summed E-state index contributed by atoms with van der Waals surface area (Å²) in [5, 5.41) is 24.0. The maximum absolute atomic E-state index is 13.5. The van der Waals surface area contributed by atoms with Crippen molar-refractivity contribution in [1.82, 2.24) is 19.7 Å². The van der Waals surface area contributed by atoms with E-state index in [0.29, 0.717) is 17.8 Å². The van der Waals surface area contributed by atoms with Crippen LogP contribution < -0.4 is 0 Å². The first-order valence-corrected chi connectivity index (χ1v) is 13.2. The number of hydrogen-bond acceptors (Lipinski definition) is 7. The molecule has 208 valence electrons. The van der Waals surface area contributed by atoms with Gasteiger partial charge in [0, 0.05) is 11.6 Å². The smallest absolute Gasteiger partial charge is 0.334 e. The van der Waals surface area contributed by atoms with Gasteiger partial charge in [0.1, 0.15) is 11.2 Å². The molecular weight excluding hydrogens is 520 g/mol. The van der Waals surface area contributed by atoms with E-state index in [-0.39, 0.29) is 18.1 Å². The summed E-state index contributed by atoms with van der Waals surface area (Å²) in [6.45, 7) is 5.77. The number of carboxylic acids is 1. The van der Waals surface area contributed by atoms with Crippen LogP contribution in [0.3, 0.4) is 0 Å². The van der Waals surface area contributed by atoms with E-state index in [1.807, 2.05) is 93.6 Å². The number of aliphatic hydroxyl groups is 1. The summed E-state index contributed by atoms with van der Waals surface area (Å²) in [5.74, 6) is -1.60. The molecule has 0 saturated carbocycles. The van der Waals surface area contributed by atoms with Crippen LogP contribution in [0.15, 0.2) is 84.6 Å². The van der Waals surface area contributed by atoms with Crippen LogP contribution >= 0.6 is 0 Å². The number of hydrogen-bond donors (Lipinski definition) is 2. The number of ether oxygens (including phenoxy) is 1. The monoisotopic (exact) mass is 550 g/mol. The first-order chi connectivity index (χ1) is 19.6. The van der Waals surface area contributed by atoms with E-state index in [0.717, 1.165) is 33.1 Å². The first kappa shape index (κ1) is 27.8. The number of benzene rings is 2. The second-order valence-electron chi connectivity index (χ2n) is 10.4. The Kier molecular flexibility index (Phi) is 7.74. The summed E-state index contributed by atoms with van der Waals surface area (Å²) in [6.07, 6.45) is 2.10. The number of aliphatic carboxylic acids is 1. The molecule has 0 amide bonds. The molecule has 0 aliphatic heterocycles. The SMILES string of the molecule is C/C(=C\c1ccc(C(C)(C)OC[C@H](O)C(=O)O)cc1)Cn1nc(C(=O)c2ccc3ccccc3n2)c2ncccc21. The highest BCUT2D eigenvalue weighted by molar-refractivity contribution is 6.13. The second-order valence-corrected chi connectivity index (χ2v) is 10.4. The van der Waals surface area contributed by atoms with Crippen LogP contribution in [-0.2, 0) is 21.7 Å². The topological polar surface area (TPSA) is 127 Å². The second kappa shape index (κ2) is 11.4. The highest BCUT2D eigenvalue weighted by atomic mass is 16.5. The molecule has 0 spiro atoms. The van der Waals surface area contributed by atoms with Gasteiger partial charge < -0.3 is 14.9 Å². The number of aliphatic hydroxyl groups excluding tert-OH is 1. The van der Waals surface area contributed by atoms with Crippen molar-refractivity contribution in [1.29, 1.82) is 0 Å². The van der Waals surface area contributed by atoms with Crippen molar-refractivity contribution in [3.8, 4) is 0 Å². The van der Waals surface area contributed by atoms with Crippen LogP contribution in [0.2, 0.25) is 0 Å². The lowest BCUT2D eigenvalue weighted by molar-refractivity contribution is -0.153. The van der Waals surface area contributed by atoms with Gasteiger partial charge in [-0.25, -0.2) is 9.78 Å². The number of carboxylic acid groups (broad SMARTS) is 1. The highest BCUT2D eigenvalue weighted by Gasteiger charge is 2.25. The number of allylic oxidation sites excluding steroid dienone is 1. The minimum Gasteiger partial charge on any atom is -0.479 e. The molecule has 0 bridgehead atoms. The van der Waals surface area contributed by atoms with E-state index >= 15 is 0 Å². The van der Waals surface area contributed by atoms with Crippen molar-refractivity contribution in [3.05, 3.63) is 107 Å². The number of carbonyl (C=O) groups excluding carboxylic acids is 1. The van der Waals surface area contributed by atoms with Crippen LogP contribution in [0.1, 0.15) is 48.1 Å². The Morgan fingerprint density at radius 3 is 2.54 bits per heavy atom. The Morgan fingerprint density at radius 1 is 1.02 bits per heavy atom. The Balaban J connectivity index is 1.36. The maximum atomic E-state index is 13.5. The van der Waals surface area contributed by atoms with Crippen molar-refractivity contribution in [3.63, 3.8) is 0 Å². The normalized spacial score (nSPS) is 13.0. The Bertz CT molecular complexity index is 1770. The van der Waals surface area contributed by atoms with Crippen molar-refractivity contribution in [2.45, 2.75) is 39.0 Å². The van der Waals surface area contributed by atoms with Gasteiger partial charge in [-0.05, 0) is 56.2 Å². The highest BCUT2D eigenvalue weighted by Crippen LogP contribution is 2.26. The average Bonchev–Trinajstić information content (AvgIpc) is 3.33. The van der Waals surface area contributed by atoms with Gasteiger partial charge in [-0.1, -0.05) is 60.2 Å². The van der Waals surface area contributed by atoms with Crippen molar-refractivity contribution >= 4 is 39.8 Å². The molecule has 0 radical (unpaired) electrons. The molecule has 3 aromatic heterocycles. The Labute approximate surface area is 236 Å². The van der Waals surface area contributed by atoms with Crippen molar-refractivity contribution in [2.24, 2.45) is 0 Å². The fourth-order valence-corrected chi connectivity index (χ4v) is 4.59. The van der Waals surface area contributed by atoms with Crippen LogP contribution in [-0.4, -0.2) is 54.4 Å². The van der Waals surface area contributed by atoms with Gasteiger partial charge in [0.15, 0.2) is 11.8 Å². The standard InChI is InChI=1S/C32H30N4O5/c1-20(17-21-10-13-23(14-11-21)32(2,3)41-19-27(37)31(39)40)18-36-26-9-6-16-33-28(26)29(35-36)30(38)25-15-12-22-7-4-5-8-24(22)34-25/h4-17,27,37H,18-19H2,1-3H3,(H,39,40)/b20-17+/t27-/m0/s1. The molecule has 2 N–H and O–H groups in total. The van der Waals surface area contributed by atoms with Gasteiger partial charge in [-0.15, -0.1) is 0 Å². The fourth-order valence-electron chi connectivity index (χ4n) is 4.59. The lowest BCUT2D eigenvalue weighted by atomic mass is 9.96. The van der Waals surface area contributed by atoms with E-state index in [1.165, 1.54) is 0 Å². The van der Waals surface area contributed by atoms with Gasteiger partial charge in [-0.2, -0.15) is 5.10 Å². The molecule has 0 fully saturated rings. The molecule has 3 heterocycles. The molecule has 9 heteroatoms. The summed E-state index contributed by atoms with van der Waals surface area (Å²) in [6, 6.07) is 22.7. The molecule has 5 aromatic rings. The molecule has 0 unspecified atom stereocenters. The molecular formula is C32H30N4O5. The molecule has 0 aliphatic rings. The molecule has 5 rings (SSSR count). The number of rotatable bonds is 10. The predicted molar refractivity (Wildman–Crippen MR) is 155 cm³/mol. The van der Waals surface area contributed by atoms with Crippen LogP contribution in [0.5, 0.6) is 0 Å². The van der Waals surface area contributed by atoms with Crippen LogP contribution in [0.25, 0.3) is 28.0 Å². The molecule has 1 atom stereocenters. The average molecular weight is 551 g/mol. The molecule has 41 heavy (non-hydrogen) atoms. The van der Waals surface area contributed by atoms with E-state index in [4.69, 9.17) is 9.84 Å². The van der Waals surface area contributed by atoms with Gasteiger partial charge in [0.05, 0.1) is 29.8 Å². The minimum absolute atomic E-state index is 0.260. The van der Waals surface area contributed by atoms with E-state index < -0.39 is 17.7 Å². The summed E-state index contributed by atoms with van der Waals surface area (Å²) in [7, 11) is 0. The zero-order chi connectivity index (χ0) is 29.1. The van der Waals surface area contributed by atoms with Crippen LogP contribution in [0.4, 0.5) is 0 Å². The number of aromatic nitrogens is 4. The third-order valence-electron chi connectivity index (χ3n) is 6.86. The number of para-hydroxylation sites is 1. The van der Waals surface area contributed by atoms with Crippen molar-refractivity contribution in [2.75, 3.05) is 6.61 Å². The van der Waals surface area contributed by atoms with E-state index in [9.17, 15) is 14.7 Å².